The standard InChI is InChI=1S/C6H7ClN2S2/c7-5-3-8-4-6(9-5)11-2-1-10/h3-4,10H,1-2H2. The van der Waals surface area contributed by atoms with Gasteiger partial charge in [-0.15, -0.1) is 11.8 Å². The van der Waals surface area contributed by atoms with Crippen molar-refractivity contribution in [3.8, 4) is 0 Å². The number of hydrogen-bond acceptors (Lipinski definition) is 4. The van der Waals surface area contributed by atoms with Gasteiger partial charge in [0.25, 0.3) is 0 Å². The Morgan fingerprint density at radius 3 is 3.00 bits per heavy atom. The molecule has 0 saturated heterocycles. The minimum Gasteiger partial charge on any atom is -0.259 e. The first-order chi connectivity index (χ1) is 5.33. The van der Waals surface area contributed by atoms with E-state index >= 15 is 0 Å². The molecule has 2 nitrogen and oxygen atoms in total. The molecule has 1 aromatic rings. The molecule has 5 heteroatoms. The fourth-order valence-electron chi connectivity index (χ4n) is 0.545. The summed E-state index contributed by atoms with van der Waals surface area (Å²) in [5.74, 6) is 1.76. The van der Waals surface area contributed by atoms with Gasteiger partial charge in [0.15, 0.2) is 0 Å². The first kappa shape index (κ1) is 9.16. The second-order valence-corrected chi connectivity index (χ2v) is 3.70. The molecule has 0 N–H and O–H groups in total. The zero-order chi connectivity index (χ0) is 8.10. The minimum atomic E-state index is 0.439. The number of hydrogen-bond donors (Lipinski definition) is 1. The predicted molar refractivity (Wildman–Crippen MR) is 51.6 cm³/mol. The largest absolute Gasteiger partial charge is 0.259 e. The summed E-state index contributed by atoms with van der Waals surface area (Å²) in [5.41, 5.74) is 0. The first-order valence-electron chi connectivity index (χ1n) is 3.04. The van der Waals surface area contributed by atoms with Crippen molar-refractivity contribution in [1.82, 2.24) is 9.97 Å². The van der Waals surface area contributed by atoms with Crippen molar-refractivity contribution in [2.45, 2.75) is 5.03 Å². The van der Waals surface area contributed by atoms with Crippen molar-refractivity contribution in [3.63, 3.8) is 0 Å². The lowest BCUT2D eigenvalue weighted by Crippen LogP contribution is -1.85. The summed E-state index contributed by atoms with van der Waals surface area (Å²) >= 11 is 11.3. The monoisotopic (exact) mass is 206 g/mol. The zero-order valence-electron chi connectivity index (χ0n) is 5.70. The zero-order valence-corrected chi connectivity index (χ0v) is 8.16. The fourth-order valence-corrected chi connectivity index (χ4v) is 1.62. The van der Waals surface area contributed by atoms with Gasteiger partial charge in [-0.1, -0.05) is 11.6 Å². The van der Waals surface area contributed by atoms with E-state index in [9.17, 15) is 0 Å². The second-order valence-electron chi connectivity index (χ2n) is 1.75. The van der Waals surface area contributed by atoms with E-state index < -0.39 is 0 Å². The van der Waals surface area contributed by atoms with E-state index in [1.807, 2.05) is 0 Å². The number of thioether (sulfide) groups is 1. The number of halogens is 1. The van der Waals surface area contributed by atoms with Gasteiger partial charge < -0.3 is 0 Å². The molecule has 0 bridgehead atoms. The lowest BCUT2D eigenvalue weighted by molar-refractivity contribution is 1.06. The summed E-state index contributed by atoms with van der Waals surface area (Å²) in [6.45, 7) is 0. The van der Waals surface area contributed by atoms with Gasteiger partial charge in [0.1, 0.15) is 10.2 Å². The van der Waals surface area contributed by atoms with E-state index in [1.165, 1.54) is 6.20 Å². The lowest BCUT2D eigenvalue weighted by Gasteiger charge is -1.96. The first-order valence-corrected chi connectivity index (χ1v) is 5.03. The number of aromatic nitrogens is 2. The van der Waals surface area contributed by atoms with E-state index in [4.69, 9.17) is 11.6 Å². The molecule has 0 saturated carbocycles. The molecule has 0 unspecified atom stereocenters. The molecule has 0 amide bonds. The van der Waals surface area contributed by atoms with Crippen LogP contribution in [-0.2, 0) is 0 Å². The average molecular weight is 207 g/mol. The van der Waals surface area contributed by atoms with E-state index in [-0.39, 0.29) is 0 Å². The number of rotatable bonds is 3. The smallest absolute Gasteiger partial charge is 0.148 e. The maximum atomic E-state index is 5.62. The molecule has 11 heavy (non-hydrogen) atoms. The van der Waals surface area contributed by atoms with Crippen molar-refractivity contribution in [2.75, 3.05) is 11.5 Å². The van der Waals surface area contributed by atoms with Crippen LogP contribution in [0.15, 0.2) is 17.4 Å². The third-order valence-electron chi connectivity index (χ3n) is 0.924. The topological polar surface area (TPSA) is 25.8 Å². The molecule has 0 radical (unpaired) electrons. The van der Waals surface area contributed by atoms with Gasteiger partial charge in [-0.05, 0) is 5.75 Å². The molecule has 0 fully saturated rings. The van der Waals surface area contributed by atoms with Gasteiger partial charge in [-0.2, -0.15) is 12.6 Å². The molecular formula is C6H7ClN2S2. The van der Waals surface area contributed by atoms with Gasteiger partial charge in [0.2, 0.25) is 0 Å². The Hall–Kier alpha value is 0.0700. The third kappa shape index (κ3) is 3.31. The Bertz CT molecular complexity index is 232. The normalized spacial score (nSPS) is 10.0. The highest BCUT2D eigenvalue weighted by molar-refractivity contribution is 7.99. The van der Waals surface area contributed by atoms with Crippen LogP contribution in [0.2, 0.25) is 5.15 Å². The molecule has 0 aliphatic heterocycles. The van der Waals surface area contributed by atoms with Crippen LogP contribution in [-0.4, -0.2) is 21.5 Å². The summed E-state index contributed by atoms with van der Waals surface area (Å²) in [7, 11) is 0. The van der Waals surface area contributed by atoms with E-state index in [2.05, 4.69) is 22.6 Å². The molecule has 1 heterocycles. The van der Waals surface area contributed by atoms with Crippen molar-refractivity contribution < 1.29 is 0 Å². The molecule has 1 aromatic heterocycles. The summed E-state index contributed by atoms with van der Waals surface area (Å²) in [4.78, 5) is 7.94. The van der Waals surface area contributed by atoms with Crippen molar-refractivity contribution in [1.29, 1.82) is 0 Å². The van der Waals surface area contributed by atoms with E-state index in [0.717, 1.165) is 16.5 Å². The van der Waals surface area contributed by atoms with Crippen LogP contribution >= 0.6 is 36.0 Å². The van der Waals surface area contributed by atoms with Crippen LogP contribution in [0.4, 0.5) is 0 Å². The Balaban J connectivity index is 2.56. The van der Waals surface area contributed by atoms with Crippen LogP contribution in [0.25, 0.3) is 0 Å². The molecule has 1 rings (SSSR count). The summed E-state index contributed by atoms with van der Waals surface area (Å²) in [6.07, 6.45) is 3.21. The highest BCUT2D eigenvalue weighted by Gasteiger charge is 1.95. The SMILES string of the molecule is SCCSc1cncc(Cl)n1. The van der Waals surface area contributed by atoms with Crippen LogP contribution in [0, 0.1) is 0 Å². The van der Waals surface area contributed by atoms with Gasteiger partial charge in [0, 0.05) is 5.75 Å². The van der Waals surface area contributed by atoms with Gasteiger partial charge in [-0.3, -0.25) is 4.98 Å². The van der Waals surface area contributed by atoms with E-state index in [0.29, 0.717) is 5.15 Å². The average Bonchev–Trinajstić information content (AvgIpc) is 2.01. The van der Waals surface area contributed by atoms with Crippen LogP contribution in [0.1, 0.15) is 0 Å². The maximum absolute atomic E-state index is 5.62. The van der Waals surface area contributed by atoms with Gasteiger partial charge >= 0.3 is 0 Å². The van der Waals surface area contributed by atoms with Gasteiger partial charge in [0.05, 0.1) is 12.4 Å². The molecule has 0 aromatic carbocycles. The van der Waals surface area contributed by atoms with Crippen LogP contribution in [0.5, 0.6) is 0 Å². The van der Waals surface area contributed by atoms with Gasteiger partial charge in [-0.25, -0.2) is 4.98 Å². The second kappa shape index (κ2) is 4.85. The predicted octanol–water partition coefficient (Wildman–Crippen LogP) is 2.15. The molecule has 0 atom stereocenters. The Morgan fingerprint density at radius 2 is 2.36 bits per heavy atom. The highest BCUT2D eigenvalue weighted by atomic mass is 35.5. The Labute approximate surface area is 80.2 Å². The molecular weight excluding hydrogens is 200 g/mol. The lowest BCUT2D eigenvalue weighted by atomic mass is 10.8. The van der Waals surface area contributed by atoms with Crippen LogP contribution in [0.3, 0.4) is 0 Å². The Morgan fingerprint density at radius 1 is 1.55 bits per heavy atom. The van der Waals surface area contributed by atoms with E-state index in [1.54, 1.807) is 18.0 Å². The number of nitrogens with zero attached hydrogens (tertiary/aromatic N) is 2. The summed E-state index contributed by atoms with van der Waals surface area (Å²) in [5, 5.41) is 1.29. The quantitative estimate of drug-likeness (QED) is 0.606. The molecule has 0 aliphatic rings. The molecule has 60 valence electrons. The minimum absolute atomic E-state index is 0.439. The molecule has 0 aliphatic carbocycles. The third-order valence-corrected chi connectivity index (χ3v) is 2.53. The van der Waals surface area contributed by atoms with Crippen molar-refractivity contribution in [3.05, 3.63) is 17.5 Å². The van der Waals surface area contributed by atoms with Crippen molar-refractivity contribution >= 4 is 36.0 Å². The maximum Gasteiger partial charge on any atom is 0.148 e. The highest BCUT2D eigenvalue weighted by Crippen LogP contribution is 2.15. The van der Waals surface area contributed by atoms with Crippen LogP contribution < -0.4 is 0 Å². The number of thiol groups is 1. The van der Waals surface area contributed by atoms with Crippen molar-refractivity contribution in [2.24, 2.45) is 0 Å². The summed E-state index contributed by atoms with van der Waals surface area (Å²) in [6, 6.07) is 0. The summed E-state index contributed by atoms with van der Waals surface area (Å²) < 4.78 is 0. The molecule has 0 spiro atoms. The fraction of sp³-hybridized carbons (Fsp3) is 0.333. The Kier molecular flexibility index (Phi) is 4.04.